The molecule has 0 radical (unpaired) electrons. The first-order valence-corrected chi connectivity index (χ1v) is 10.3. The van der Waals surface area contributed by atoms with Crippen molar-refractivity contribution >= 4 is 33.2 Å². The number of fused-ring (bicyclic) bond motifs is 1. The number of benzene rings is 2. The second-order valence-corrected chi connectivity index (χ2v) is 8.18. The minimum atomic E-state index is -0.390. The molecule has 5 nitrogen and oxygen atoms in total. The first kappa shape index (κ1) is 19.4. The van der Waals surface area contributed by atoms with Crippen LogP contribution in [-0.2, 0) is 11.4 Å². The normalized spacial score (nSPS) is 13.3. The maximum atomic E-state index is 14.6. The summed E-state index contributed by atoms with van der Waals surface area (Å²) >= 11 is 1.22. The van der Waals surface area contributed by atoms with E-state index in [2.05, 4.69) is 5.32 Å². The Morgan fingerprint density at radius 2 is 1.93 bits per heavy atom. The summed E-state index contributed by atoms with van der Waals surface area (Å²) in [6.45, 7) is 0.0270. The van der Waals surface area contributed by atoms with Gasteiger partial charge in [0, 0.05) is 28.7 Å². The molecule has 1 fully saturated rings. The van der Waals surface area contributed by atoms with E-state index in [1.807, 2.05) is 18.2 Å². The van der Waals surface area contributed by atoms with E-state index in [0.29, 0.717) is 26.3 Å². The number of rotatable bonds is 7. The van der Waals surface area contributed by atoms with Crippen LogP contribution in [0.3, 0.4) is 0 Å². The van der Waals surface area contributed by atoms with Gasteiger partial charge in [0.1, 0.15) is 18.2 Å². The van der Waals surface area contributed by atoms with Gasteiger partial charge in [-0.3, -0.25) is 9.59 Å². The van der Waals surface area contributed by atoms with Crippen molar-refractivity contribution < 1.29 is 18.7 Å². The number of carbonyl (C=O) groups is 2. The van der Waals surface area contributed by atoms with Crippen LogP contribution in [0.2, 0.25) is 0 Å². The number of amides is 2. The highest BCUT2D eigenvalue weighted by Gasteiger charge is 2.27. The summed E-state index contributed by atoms with van der Waals surface area (Å²) in [4.78, 5) is 26.9. The molecule has 0 bridgehead atoms. The molecule has 0 saturated heterocycles. The molecule has 0 unspecified atom stereocenters. The Balaban J connectivity index is 1.60. The molecule has 2 aromatic carbocycles. The van der Waals surface area contributed by atoms with Gasteiger partial charge in [-0.2, -0.15) is 0 Å². The molecule has 29 heavy (non-hydrogen) atoms. The van der Waals surface area contributed by atoms with Crippen molar-refractivity contribution in [3.05, 3.63) is 64.8 Å². The van der Waals surface area contributed by atoms with Gasteiger partial charge in [-0.25, -0.2) is 4.39 Å². The van der Waals surface area contributed by atoms with Crippen LogP contribution in [0.4, 0.5) is 4.39 Å². The molecule has 0 atom stereocenters. The third kappa shape index (κ3) is 4.40. The van der Waals surface area contributed by atoms with Crippen molar-refractivity contribution in [1.82, 2.24) is 10.2 Å². The quantitative estimate of drug-likeness (QED) is 0.639. The lowest BCUT2D eigenvalue weighted by Crippen LogP contribution is -2.39. The molecule has 7 heteroatoms. The lowest BCUT2D eigenvalue weighted by atomic mass is 10.1. The van der Waals surface area contributed by atoms with Gasteiger partial charge in [0.2, 0.25) is 5.91 Å². The van der Waals surface area contributed by atoms with E-state index in [-0.39, 0.29) is 31.0 Å². The van der Waals surface area contributed by atoms with Crippen molar-refractivity contribution in [2.75, 3.05) is 13.6 Å². The van der Waals surface area contributed by atoms with E-state index in [0.717, 1.165) is 12.8 Å². The van der Waals surface area contributed by atoms with Gasteiger partial charge < -0.3 is 15.0 Å². The number of nitrogens with zero attached hydrogens (tertiary/aromatic N) is 1. The number of likely N-dealkylation sites (N-methyl/N-ethyl adjacent to an activating group) is 1. The molecule has 1 heterocycles. The summed E-state index contributed by atoms with van der Waals surface area (Å²) in [6.07, 6.45) is 1.97. The summed E-state index contributed by atoms with van der Waals surface area (Å²) in [6, 6.07) is 14.2. The Bertz CT molecular complexity index is 1050. The van der Waals surface area contributed by atoms with Crippen molar-refractivity contribution in [3.8, 4) is 5.75 Å². The molecule has 1 aromatic heterocycles. The fraction of sp³-hybridized carbons (Fsp3) is 0.273. The van der Waals surface area contributed by atoms with Crippen LogP contribution in [-0.4, -0.2) is 36.3 Å². The van der Waals surface area contributed by atoms with E-state index in [1.165, 1.54) is 22.3 Å². The predicted octanol–water partition coefficient (Wildman–Crippen LogP) is 3.97. The summed E-state index contributed by atoms with van der Waals surface area (Å²) < 4.78 is 21.1. The zero-order valence-electron chi connectivity index (χ0n) is 16.0. The molecule has 150 valence electrons. The Kier molecular flexibility index (Phi) is 5.49. The Labute approximate surface area is 172 Å². The average molecular weight is 412 g/mol. The van der Waals surface area contributed by atoms with Gasteiger partial charge in [0.25, 0.3) is 5.91 Å². The number of ether oxygens (including phenoxy) is 1. The number of halogens is 1. The van der Waals surface area contributed by atoms with E-state index in [4.69, 9.17) is 4.74 Å². The second-order valence-electron chi connectivity index (χ2n) is 7.13. The maximum absolute atomic E-state index is 14.6. The van der Waals surface area contributed by atoms with Gasteiger partial charge in [0.15, 0.2) is 0 Å². The Morgan fingerprint density at radius 1 is 1.17 bits per heavy atom. The van der Waals surface area contributed by atoms with E-state index >= 15 is 0 Å². The molecular weight excluding hydrogens is 391 g/mol. The van der Waals surface area contributed by atoms with E-state index in [1.54, 1.807) is 31.3 Å². The maximum Gasteiger partial charge on any atom is 0.264 e. The molecule has 0 aliphatic heterocycles. The topological polar surface area (TPSA) is 58.6 Å². The monoisotopic (exact) mass is 412 g/mol. The lowest BCUT2D eigenvalue weighted by Gasteiger charge is -2.17. The number of para-hydroxylation sites is 1. The zero-order chi connectivity index (χ0) is 20.4. The summed E-state index contributed by atoms with van der Waals surface area (Å²) in [5, 5.41) is 3.27. The van der Waals surface area contributed by atoms with Crippen LogP contribution >= 0.6 is 11.3 Å². The Hall–Kier alpha value is -2.93. The number of nitrogens with one attached hydrogen (secondary N) is 1. The minimum absolute atomic E-state index is 0.0367. The van der Waals surface area contributed by atoms with Gasteiger partial charge in [0.05, 0.1) is 11.4 Å². The highest BCUT2D eigenvalue weighted by Crippen LogP contribution is 2.34. The van der Waals surface area contributed by atoms with Crippen molar-refractivity contribution in [3.63, 3.8) is 0 Å². The third-order valence-corrected chi connectivity index (χ3v) is 5.94. The average Bonchev–Trinajstić information content (AvgIpc) is 3.44. The van der Waals surface area contributed by atoms with E-state index < -0.39 is 5.82 Å². The standard InChI is InChI=1S/C22H21FN2O3S/c1-25(12-19(26)24-14-10-11-14)22(27)21-16(13-28-15-6-3-2-4-7-15)20-17(23)8-5-9-18(20)29-21/h2-9,14H,10-13H2,1H3,(H,24,26). The lowest BCUT2D eigenvalue weighted by molar-refractivity contribution is -0.121. The predicted molar refractivity (Wildman–Crippen MR) is 111 cm³/mol. The molecule has 1 saturated carbocycles. The van der Waals surface area contributed by atoms with Crippen LogP contribution < -0.4 is 10.1 Å². The largest absolute Gasteiger partial charge is 0.489 e. The van der Waals surface area contributed by atoms with Crippen LogP contribution in [0.5, 0.6) is 5.75 Å². The van der Waals surface area contributed by atoms with Crippen molar-refractivity contribution in [2.24, 2.45) is 0 Å². The van der Waals surface area contributed by atoms with Crippen molar-refractivity contribution in [2.45, 2.75) is 25.5 Å². The minimum Gasteiger partial charge on any atom is -0.489 e. The molecular formula is C22H21FN2O3S. The van der Waals surface area contributed by atoms with Crippen LogP contribution in [0.1, 0.15) is 28.1 Å². The zero-order valence-corrected chi connectivity index (χ0v) is 16.8. The highest BCUT2D eigenvalue weighted by molar-refractivity contribution is 7.21. The summed E-state index contributed by atoms with van der Waals surface area (Å²) in [5.41, 5.74) is 0.506. The number of thiophene rings is 1. The fourth-order valence-electron chi connectivity index (χ4n) is 3.11. The van der Waals surface area contributed by atoms with Gasteiger partial charge in [-0.05, 0) is 37.1 Å². The molecule has 1 N–H and O–H groups in total. The first-order chi connectivity index (χ1) is 14.0. The molecule has 0 spiro atoms. The molecule has 1 aliphatic rings. The van der Waals surface area contributed by atoms with Crippen molar-refractivity contribution in [1.29, 1.82) is 0 Å². The van der Waals surface area contributed by atoms with Crippen LogP contribution in [0.25, 0.3) is 10.1 Å². The second kappa shape index (κ2) is 8.21. The SMILES string of the molecule is CN(CC(=O)NC1CC1)C(=O)c1sc2cccc(F)c2c1COc1ccccc1. The smallest absolute Gasteiger partial charge is 0.264 e. The van der Waals surface area contributed by atoms with E-state index in [9.17, 15) is 14.0 Å². The molecule has 3 aromatic rings. The van der Waals surface area contributed by atoms with Crippen LogP contribution in [0.15, 0.2) is 48.5 Å². The first-order valence-electron chi connectivity index (χ1n) is 9.45. The summed E-state index contributed by atoms with van der Waals surface area (Å²) in [7, 11) is 1.58. The number of hydrogen-bond acceptors (Lipinski definition) is 4. The van der Waals surface area contributed by atoms with Gasteiger partial charge in [-0.1, -0.05) is 24.3 Å². The fourth-order valence-corrected chi connectivity index (χ4v) is 4.33. The van der Waals surface area contributed by atoms with Crippen LogP contribution in [0, 0.1) is 5.82 Å². The molecule has 2 amide bonds. The summed E-state index contributed by atoms with van der Waals surface area (Å²) in [5.74, 6) is -0.252. The number of hydrogen-bond donors (Lipinski definition) is 1. The molecule has 4 rings (SSSR count). The molecule has 1 aliphatic carbocycles. The Morgan fingerprint density at radius 3 is 2.66 bits per heavy atom. The third-order valence-electron chi connectivity index (χ3n) is 4.75. The highest BCUT2D eigenvalue weighted by atomic mass is 32.1. The van der Waals surface area contributed by atoms with Gasteiger partial charge in [-0.15, -0.1) is 11.3 Å². The van der Waals surface area contributed by atoms with Gasteiger partial charge >= 0.3 is 0 Å². The number of carbonyl (C=O) groups excluding carboxylic acids is 2.